The molecule has 0 saturated heterocycles. The largest absolute Gasteiger partial charge is 0.337 e. The molecule has 0 aliphatic heterocycles. The number of nitrogens with zero attached hydrogens (tertiary/aromatic N) is 3. The molecule has 136 valence electrons. The van der Waals surface area contributed by atoms with E-state index in [0.29, 0.717) is 5.75 Å². The van der Waals surface area contributed by atoms with Crippen LogP contribution in [-0.2, 0) is 4.79 Å². The van der Waals surface area contributed by atoms with Crippen molar-refractivity contribution in [3.63, 3.8) is 0 Å². The monoisotopic (exact) mass is 385 g/mol. The maximum atomic E-state index is 12.6. The fourth-order valence-electron chi connectivity index (χ4n) is 2.74. The zero-order valence-electron chi connectivity index (χ0n) is 15.5. The number of amides is 1. The number of aromatic nitrogens is 2. The Morgan fingerprint density at radius 3 is 2.85 bits per heavy atom. The van der Waals surface area contributed by atoms with Crippen LogP contribution in [0.1, 0.15) is 29.0 Å². The lowest BCUT2D eigenvalue weighted by molar-refractivity contribution is -0.128. The molecule has 0 saturated carbocycles. The van der Waals surface area contributed by atoms with E-state index in [1.807, 2.05) is 35.7 Å². The Bertz CT molecular complexity index is 886. The zero-order valence-corrected chi connectivity index (χ0v) is 17.1. The van der Waals surface area contributed by atoms with Gasteiger partial charge in [0.15, 0.2) is 5.16 Å². The van der Waals surface area contributed by atoms with Gasteiger partial charge in [0.2, 0.25) is 5.91 Å². The fourth-order valence-corrected chi connectivity index (χ4v) is 4.46. The molecule has 0 aliphatic carbocycles. The van der Waals surface area contributed by atoms with Crippen LogP contribution in [0.4, 0.5) is 0 Å². The second-order valence-corrected chi connectivity index (χ2v) is 8.21. The van der Waals surface area contributed by atoms with Gasteiger partial charge in [-0.25, -0.2) is 4.98 Å². The number of benzene rings is 1. The highest BCUT2D eigenvalue weighted by Crippen LogP contribution is 2.27. The third-order valence-electron chi connectivity index (χ3n) is 4.70. The van der Waals surface area contributed by atoms with Gasteiger partial charge in [0.1, 0.15) is 0 Å². The summed E-state index contributed by atoms with van der Waals surface area (Å²) in [5, 5.41) is 2.88. The normalized spacial score (nSPS) is 12.2. The van der Waals surface area contributed by atoms with Crippen molar-refractivity contribution in [2.24, 2.45) is 0 Å². The summed E-state index contributed by atoms with van der Waals surface area (Å²) in [5.74, 6) is 0.472. The zero-order chi connectivity index (χ0) is 18.7. The first kappa shape index (κ1) is 18.7. The van der Waals surface area contributed by atoms with E-state index in [9.17, 15) is 4.79 Å². The number of imidazole rings is 1. The van der Waals surface area contributed by atoms with Crippen LogP contribution >= 0.6 is 23.1 Å². The highest BCUT2D eigenvalue weighted by Gasteiger charge is 2.19. The van der Waals surface area contributed by atoms with Crippen molar-refractivity contribution in [1.29, 1.82) is 0 Å². The van der Waals surface area contributed by atoms with Crippen molar-refractivity contribution in [2.75, 3.05) is 12.8 Å². The maximum Gasteiger partial charge on any atom is 0.233 e. The van der Waals surface area contributed by atoms with Gasteiger partial charge in [-0.3, -0.25) is 9.36 Å². The summed E-state index contributed by atoms with van der Waals surface area (Å²) in [7, 11) is 1.87. The van der Waals surface area contributed by atoms with Crippen LogP contribution in [0.25, 0.3) is 5.69 Å². The first-order chi connectivity index (χ1) is 12.5. The molecule has 3 rings (SSSR count). The molecule has 0 spiro atoms. The highest BCUT2D eigenvalue weighted by molar-refractivity contribution is 7.99. The van der Waals surface area contributed by atoms with Crippen molar-refractivity contribution >= 4 is 29.0 Å². The molecular weight excluding hydrogens is 362 g/mol. The van der Waals surface area contributed by atoms with Crippen molar-refractivity contribution in [3.8, 4) is 5.69 Å². The minimum absolute atomic E-state index is 0.0851. The van der Waals surface area contributed by atoms with E-state index in [1.54, 1.807) is 17.5 Å². The lowest BCUT2D eigenvalue weighted by Gasteiger charge is -2.24. The molecule has 2 heterocycles. The number of rotatable bonds is 6. The molecule has 26 heavy (non-hydrogen) atoms. The van der Waals surface area contributed by atoms with E-state index < -0.39 is 0 Å². The number of thiophene rings is 1. The highest BCUT2D eigenvalue weighted by atomic mass is 32.2. The minimum atomic E-state index is 0.0851. The number of carbonyl (C=O) groups excluding carboxylic acids is 1. The van der Waals surface area contributed by atoms with Gasteiger partial charge in [-0.2, -0.15) is 0 Å². The standard InChI is InChI=1S/C20H23N3OS2/c1-14-7-5-8-17(15(14)2)23-11-10-21-20(23)26-13-19(24)22(4)16(3)18-9-6-12-25-18/h5-12,16H,13H2,1-4H3. The van der Waals surface area contributed by atoms with E-state index in [1.165, 1.54) is 27.8 Å². The summed E-state index contributed by atoms with van der Waals surface area (Å²) < 4.78 is 2.06. The molecule has 1 amide bonds. The molecule has 0 N–H and O–H groups in total. The van der Waals surface area contributed by atoms with Crippen LogP contribution in [0.5, 0.6) is 0 Å². The molecule has 0 fully saturated rings. The van der Waals surface area contributed by atoms with Crippen LogP contribution in [0.15, 0.2) is 53.3 Å². The minimum Gasteiger partial charge on any atom is -0.337 e. The molecule has 4 nitrogen and oxygen atoms in total. The van der Waals surface area contributed by atoms with Gasteiger partial charge < -0.3 is 4.90 Å². The second kappa shape index (κ2) is 8.10. The second-order valence-electron chi connectivity index (χ2n) is 6.28. The van der Waals surface area contributed by atoms with Crippen LogP contribution in [0, 0.1) is 13.8 Å². The van der Waals surface area contributed by atoms with Gasteiger partial charge in [-0.05, 0) is 49.4 Å². The summed E-state index contributed by atoms with van der Waals surface area (Å²) in [4.78, 5) is 20.1. The van der Waals surface area contributed by atoms with Gasteiger partial charge in [0.25, 0.3) is 0 Å². The van der Waals surface area contributed by atoms with E-state index in [4.69, 9.17) is 0 Å². The van der Waals surface area contributed by atoms with Crippen LogP contribution in [0.2, 0.25) is 0 Å². The quantitative estimate of drug-likeness (QED) is 0.569. The summed E-state index contributed by atoms with van der Waals surface area (Å²) >= 11 is 3.16. The topological polar surface area (TPSA) is 38.1 Å². The molecule has 1 aromatic carbocycles. The smallest absolute Gasteiger partial charge is 0.233 e. The maximum absolute atomic E-state index is 12.6. The first-order valence-electron chi connectivity index (χ1n) is 8.51. The van der Waals surface area contributed by atoms with Crippen molar-refractivity contribution < 1.29 is 4.79 Å². The van der Waals surface area contributed by atoms with Crippen LogP contribution in [-0.4, -0.2) is 33.2 Å². The number of aryl methyl sites for hydroxylation is 1. The molecule has 3 aromatic rings. The number of hydrogen-bond donors (Lipinski definition) is 0. The predicted molar refractivity (Wildman–Crippen MR) is 109 cm³/mol. The Morgan fingerprint density at radius 1 is 1.31 bits per heavy atom. The van der Waals surface area contributed by atoms with Gasteiger partial charge in [0, 0.05) is 24.3 Å². The van der Waals surface area contributed by atoms with Gasteiger partial charge in [-0.1, -0.05) is 30.0 Å². The van der Waals surface area contributed by atoms with Crippen LogP contribution < -0.4 is 0 Å². The number of carbonyl (C=O) groups is 1. The fraction of sp³-hybridized carbons (Fsp3) is 0.300. The third-order valence-corrected chi connectivity index (χ3v) is 6.69. The average Bonchev–Trinajstić information content (AvgIpc) is 3.32. The number of thioether (sulfide) groups is 1. The molecule has 6 heteroatoms. The van der Waals surface area contributed by atoms with Crippen LogP contribution in [0.3, 0.4) is 0 Å². The Balaban J connectivity index is 1.70. The molecular formula is C20H23N3OS2. The molecule has 0 radical (unpaired) electrons. The van der Waals surface area contributed by atoms with E-state index in [0.717, 1.165) is 10.8 Å². The predicted octanol–water partition coefficient (Wildman–Crippen LogP) is 4.86. The van der Waals surface area contributed by atoms with Gasteiger partial charge in [-0.15, -0.1) is 11.3 Å². The van der Waals surface area contributed by atoms with Gasteiger partial charge >= 0.3 is 0 Å². The Labute approximate surface area is 162 Å². The lowest BCUT2D eigenvalue weighted by atomic mass is 10.1. The third kappa shape index (κ3) is 3.86. The summed E-state index contributed by atoms with van der Waals surface area (Å²) in [6.07, 6.45) is 3.74. The molecule has 1 atom stereocenters. The Morgan fingerprint density at radius 2 is 2.12 bits per heavy atom. The van der Waals surface area contributed by atoms with E-state index in [-0.39, 0.29) is 11.9 Å². The summed E-state index contributed by atoms with van der Waals surface area (Å²) in [5.41, 5.74) is 3.58. The molecule has 2 aromatic heterocycles. The SMILES string of the molecule is Cc1cccc(-n2ccnc2SCC(=O)N(C)C(C)c2cccs2)c1C. The number of hydrogen-bond acceptors (Lipinski definition) is 4. The van der Waals surface area contributed by atoms with E-state index >= 15 is 0 Å². The Kier molecular flexibility index (Phi) is 5.84. The van der Waals surface area contributed by atoms with E-state index in [2.05, 4.69) is 48.5 Å². The summed E-state index contributed by atoms with van der Waals surface area (Å²) in [6, 6.07) is 10.4. The lowest BCUT2D eigenvalue weighted by Crippen LogP contribution is -2.30. The molecule has 1 unspecified atom stereocenters. The molecule has 0 aliphatic rings. The Hall–Kier alpha value is -2.05. The van der Waals surface area contributed by atoms with Crippen molar-refractivity contribution in [1.82, 2.24) is 14.5 Å². The summed E-state index contributed by atoms with van der Waals surface area (Å²) in [6.45, 7) is 6.28. The van der Waals surface area contributed by atoms with Gasteiger partial charge in [0.05, 0.1) is 17.5 Å². The van der Waals surface area contributed by atoms with Crippen molar-refractivity contribution in [3.05, 3.63) is 64.1 Å². The first-order valence-corrected chi connectivity index (χ1v) is 10.4. The van der Waals surface area contributed by atoms with Crippen molar-refractivity contribution in [2.45, 2.75) is 32.0 Å². The average molecular weight is 386 g/mol. The molecule has 0 bridgehead atoms.